The first-order valence-corrected chi connectivity index (χ1v) is 10.2. The normalized spacial score (nSPS) is 23.4. The monoisotopic (exact) mass is 392 g/mol. The number of anilines is 1. The lowest BCUT2D eigenvalue weighted by Crippen LogP contribution is -2.55. The number of hydrogen-bond donors (Lipinski definition) is 1. The standard InChI is InChI=1S/C19H18Cl2N2OS/c20-14-3-1-2-13(10-14)12-19(23-6-8-25-9-7-23)16-5-4-15(21)11-17(16)22-18(19)24/h1-5,10-11H,6-9,12H2,(H,22,24). The summed E-state index contributed by atoms with van der Waals surface area (Å²) in [6, 6.07) is 13.5. The number of halogens is 2. The molecule has 1 unspecified atom stereocenters. The maximum absolute atomic E-state index is 13.2. The molecule has 0 radical (unpaired) electrons. The Bertz CT molecular complexity index is 823. The molecule has 0 bridgehead atoms. The van der Waals surface area contributed by atoms with Crippen LogP contribution >= 0.6 is 35.0 Å². The zero-order chi connectivity index (χ0) is 17.4. The molecular formula is C19H18Cl2N2OS. The number of nitrogens with zero attached hydrogens (tertiary/aromatic N) is 1. The Hall–Kier alpha value is -1.20. The molecule has 6 heteroatoms. The molecule has 0 aliphatic carbocycles. The van der Waals surface area contributed by atoms with Crippen LogP contribution in [0.25, 0.3) is 0 Å². The average Bonchev–Trinajstić information content (AvgIpc) is 2.87. The van der Waals surface area contributed by atoms with E-state index in [9.17, 15) is 4.79 Å². The molecule has 0 saturated carbocycles. The van der Waals surface area contributed by atoms with Gasteiger partial charge in [-0.3, -0.25) is 9.69 Å². The van der Waals surface area contributed by atoms with Crippen LogP contribution in [0, 0.1) is 0 Å². The Morgan fingerprint density at radius 3 is 2.60 bits per heavy atom. The molecule has 4 rings (SSSR count). The van der Waals surface area contributed by atoms with Crippen LogP contribution in [0.15, 0.2) is 42.5 Å². The van der Waals surface area contributed by atoms with Gasteiger partial charge in [0.15, 0.2) is 0 Å². The summed E-state index contributed by atoms with van der Waals surface area (Å²) in [5, 5.41) is 4.38. The van der Waals surface area contributed by atoms with Gasteiger partial charge in [0.05, 0.1) is 0 Å². The number of rotatable bonds is 3. The smallest absolute Gasteiger partial charge is 0.249 e. The van der Waals surface area contributed by atoms with Crippen molar-refractivity contribution in [3.8, 4) is 0 Å². The van der Waals surface area contributed by atoms with Crippen molar-refractivity contribution in [3.63, 3.8) is 0 Å². The first kappa shape index (κ1) is 17.2. The van der Waals surface area contributed by atoms with E-state index in [2.05, 4.69) is 10.2 Å². The van der Waals surface area contributed by atoms with Crippen LogP contribution in [0.2, 0.25) is 10.0 Å². The average molecular weight is 393 g/mol. The van der Waals surface area contributed by atoms with Gasteiger partial charge in [-0.05, 0) is 29.8 Å². The summed E-state index contributed by atoms with van der Waals surface area (Å²) in [5.41, 5.74) is 2.18. The lowest BCUT2D eigenvalue weighted by molar-refractivity contribution is -0.127. The molecule has 130 valence electrons. The third-order valence-corrected chi connectivity index (χ3v) is 6.36. The number of amides is 1. The molecule has 2 aliphatic heterocycles. The maximum atomic E-state index is 13.2. The van der Waals surface area contributed by atoms with E-state index >= 15 is 0 Å². The number of carbonyl (C=O) groups is 1. The highest BCUT2D eigenvalue weighted by molar-refractivity contribution is 7.99. The molecule has 2 aliphatic rings. The Morgan fingerprint density at radius 1 is 1.08 bits per heavy atom. The Kier molecular flexibility index (Phi) is 4.71. The van der Waals surface area contributed by atoms with E-state index in [1.54, 1.807) is 0 Å². The molecular weight excluding hydrogens is 375 g/mol. The molecule has 1 amide bonds. The molecule has 2 aromatic carbocycles. The molecule has 0 spiro atoms. The highest BCUT2D eigenvalue weighted by Crippen LogP contribution is 2.44. The minimum absolute atomic E-state index is 0.0247. The van der Waals surface area contributed by atoms with E-state index in [0.717, 1.165) is 41.4 Å². The third-order valence-electron chi connectivity index (χ3n) is 4.95. The van der Waals surface area contributed by atoms with Gasteiger partial charge in [-0.25, -0.2) is 0 Å². The van der Waals surface area contributed by atoms with Gasteiger partial charge in [0.2, 0.25) is 5.91 Å². The Balaban J connectivity index is 1.83. The number of carbonyl (C=O) groups excluding carboxylic acids is 1. The van der Waals surface area contributed by atoms with Gasteiger partial charge in [0.1, 0.15) is 5.54 Å². The maximum Gasteiger partial charge on any atom is 0.249 e. The predicted octanol–water partition coefficient (Wildman–Crippen LogP) is 4.43. The summed E-state index contributed by atoms with van der Waals surface area (Å²) in [7, 11) is 0. The second kappa shape index (κ2) is 6.84. The van der Waals surface area contributed by atoms with Gasteiger partial charge >= 0.3 is 0 Å². The first-order chi connectivity index (χ1) is 12.1. The fourth-order valence-corrected chi connectivity index (χ4v) is 5.11. The van der Waals surface area contributed by atoms with Crippen LogP contribution in [-0.4, -0.2) is 35.4 Å². The van der Waals surface area contributed by atoms with E-state index in [1.165, 1.54) is 0 Å². The fraction of sp³-hybridized carbons (Fsp3) is 0.316. The number of fused-ring (bicyclic) bond motifs is 1. The quantitative estimate of drug-likeness (QED) is 0.837. The van der Waals surface area contributed by atoms with Gasteiger partial charge in [-0.1, -0.05) is 41.4 Å². The van der Waals surface area contributed by atoms with Crippen molar-refractivity contribution in [3.05, 3.63) is 63.6 Å². The first-order valence-electron chi connectivity index (χ1n) is 8.28. The van der Waals surface area contributed by atoms with Crippen LogP contribution in [0.1, 0.15) is 11.1 Å². The van der Waals surface area contributed by atoms with Crippen molar-refractivity contribution < 1.29 is 4.79 Å². The van der Waals surface area contributed by atoms with Crippen molar-refractivity contribution >= 4 is 46.6 Å². The summed E-state index contributed by atoms with van der Waals surface area (Å²) in [6.07, 6.45) is 0.596. The van der Waals surface area contributed by atoms with Crippen molar-refractivity contribution in [2.75, 3.05) is 29.9 Å². The number of thioether (sulfide) groups is 1. The molecule has 1 N–H and O–H groups in total. The zero-order valence-corrected chi connectivity index (χ0v) is 15.9. The van der Waals surface area contributed by atoms with Crippen molar-refractivity contribution in [1.29, 1.82) is 0 Å². The minimum Gasteiger partial charge on any atom is -0.324 e. The van der Waals surface area contributed by atoms with Crippen LogP contribution in [0.4, 0.5) is 5.69 Å². The highest BCUT2D eigenvalue weighted by atomic mass is 35.5. The number of nitrogens with one attached hydrogen (secondary N) is 1. The zero-order valence-electron chi connectivity index (χ0n) is 13.6. The van der Waals surface area contributed by atoms with Crippen LogP contribution in [0.3, 0.4) is 0 Å². The largest absolute Gasteiger partial charge is 0.324 e. The van der Waals surface area contributed by atoms with Gasteiger partial charge in [-0.15, -0.1) is 0 Å². The van der Waals surface area contributed by atoms with Gasteiger partial charge in [-0.2, -0.15) is 11.8 Å². The van der Waals surface area contributed by atoms with Crippen LogP contribution < -0.4 is 5.32 Å². The van der Waals surface area contributed by atoms with Crippen molar-refractivity contribution in [2.45, 2.75) is 12.0 Å². The van der Waals surface area contributed by atoms with Crippen molar-refractivity contribution in [2.24, 2.45) is 0 Å². The summed E-state index contributed by atoms with van der Waals surface area (Å²) < 4.78 is 0. The second-order valence-electron chi connectivity index (χ2n) is 6.41. The topological polar surface area (TPSA) is 32.3 Å². The Morgan fingerprint density at radius 2 is 1.84 bits per heavy atom. The SMILES string of the molecule is O=C1Nc2cc(Cl)ccc2C1(Cc1cccc(Cl)c1)N1CCSCC1. The minimum atomic E-state index is -0.703. The molecule has 1 atom stereocenters. The predicted molar refractivity (Wildman–Crippen MR) is 106 cm³/mol. The van der Waals surface area contributed by atoms with Gasteiger partial charge < -0.3 is 5.32 Å². The van der Waals surface area contributed by atoms with Crippen molar-refractivity contribution in [1.82, 2.24) is 4.90 Å². The third kappa shape index (κ3) is 3.06. The second-order valence-corrected chi connectivity index (χ2v) is 8.51. The van der Waals surface area contributed by atoms with Crippen LogP contribution in [0.5, 0.6) is 0 Å². The van der Waals surface area contributed by atoms with Gasteiger partial charge in [0.25, 0.3) is 0 Å². The Labute approximate surface area is 161 Å². The highest BCUT2D eigenvalue weighted by Gasteiger charge is 2.51. The van der Waals surface area contributed by atoms with E-state index in [4.69, 9.17) is 23.2 Å². The summed E-state index contributed by atoms with van der Waals surface area (Å²) >= 11 is 14.3. The molecule has 25 heavy (non-hydrogen) atoms. The fourth-order valence-electron chi connectivity index (χ4n) is 3.82. The van der Waals surface area contributed by atoms with E-state index in [0.29, 0.717) is 16.5 Å². The number of hydrogen-bond acceptors (Lipinski definition) is 3. The summed E-state index contributed by atoms with van der Waals surface area (Å²) in [4.78, 5) is 15.5. The lowest BCUT2D eigenvalue weighted by Gasteiger charge is -2.42. The molecule has 3 nitrogen and oxygen atoms in total. The van der Waals surface area contributed by atoms with E-state index in [-0.39, 0.29) is 5.91 Å². The van der Waals surface area contributed by atoms with E-state index in [1.807, 2.05) is 54.2 Å². The molecule has 0 aromatic heterocycles. The van der Waals surface area contributed by atoms with E-state index < -0.39 is 5.54 Å². The lowest BCUT2D eigenvalue weighted by atomic mass is 9.83. The molecule has 1 fully saturated rings. The molecule has 1 saturated heterocycles. The number of benzene rings is 2. The molecule has 2 aromatic rings. The summed E-state index contributed by atoms with van der Waals surface area (Å²) in [5.74, 6) is 2.10. The summed E-state index contributed by atoms with van der Waals surface area (Å²) in [6.45, 7) is 1.78. The van der Waals surface area contributed by atoms with Crippen LogP contribution in [-0.2, 0) is 16.8 Å². The molecule has 2 heterocycles. The van der Waals surface area contributed by atoms with Gasteiger partial charge in [0, 0.05) is 52.3 Å².